The van der Waals surface area contributed by atoms with Crippen LogP contribution in [0.3, 0.4) is 0 Å². The quantitative estimate of drug-likeness (QED) is 0.855. The fraction of sp³-hybridized carbons (Fsp3) is 0.357. The lowest BCUT2D eigenvalue weighted by atomic mass is 9.93. The number of hydrogen-bond acceptors (Lipinski definition) is 3. The Kier molecular flexibility index (Phi) is 3.03. The first-order valence-electron chi connectivity index (χ1n) is 6.03. The van der Waals surface area contributed by atoms with Gasteiger partial charge in [-0.1, -0.05) is 13.8 Å². The summed E-state index contributed by atoms with van der Waals surface area (Å²) in [6.07, 6.45) is 1.68. The average Bonchev–Trinajstić information content (AvgIpc) is 2.60. The van der Waals surface area contributed by atoms with E-state index in [-0.39, 0.29) is 5.75 Å². The number of phenolic OH excluding ortho intramolecular Hbond substituents is 1. The SMILES string of the molecule is Cc1cc(O)c(-c2cnn(C)c2N)cc1C(C)C. The van der Waals surface area contributed by atoms with E-state index in [9.17, 15) is 5.11 Å². The highest BCUT2D eigenvalue weighted by Gasteiger charge is 2.15. The average molecular weight is 245 g/mol. The molecule has 2 aromatic rings. The maximum absolute atomic E-state index is 10.1. The van der Waals surface area contributed by atoms with Gasteiger partial charge in [-0.3, -0.25) is 4.68 Å². The Morgan fingerprint density at radius 3 is 2.44 bits per heavy atom. The number of nitrogens with two attached hydrogens (primary N) is 1. The number of nitrogens with zero attached hydrogens (tertiary/aromatic N) is 2. The zero-order chi connectivity index (χ0) is 13.4. The predicted molar refractivity (Wildman–Crippen MR) is 73.5 cm³/mol. The first kappa shape index (κ1) is 12.5. The van der Waals surface area contributed by atoms with Gasteiger partial charge in [0.05, 0.1) is 6.20 Å². The lowest BCUT2D eigenvalue weighted by molar-refractivity contribution is 0.476. The number of hydrogen-bond donors (Lipinski definition) is 2. The van der Waals surface area contributed by atoms with E-state index in [4.69, 9.17) is 5.73 Å². The van der Waals surface area contributed by atoms with Gasteiger partial charge in [-0.15, -0.1) is 0 Å². The highest BCUT2D eigenvalue weighted by Crippen LogP contribution is 2.36. The van der Waals surface area contributed by atoms with Crippen molar-refractivity contribution >= 4 is 5.82 Å². The van der Waals surface area contributed by atoms with Crippen LogP contribution >= 0.6 is 0 Å². The number of aromatic hydroxyl groups is 1. The number of nitrogen functional groups attached to an aromatic ring is 1. The predicted octanol–water partition coefficient (Wildman–Crippen LogP) is 2.81. The summed E-state index contributed by atoms with van der Waals surface area (Å²) < 4.78 is 1.60. The topological polar surface area (TPSA) is 64.1 Å². The van der Waals surface area contributed by atoms with Crippen molar-refractivity contribution in [2.75, 3.05) is 5.73 Å². The molecule has 3 N–H and O–H groups in total. The largest absolute Gasteiger partial charge is 0.507 e. The Bertz CT molecular complexity index is 585. The van der Waals surface area contributed by atoms with Crippen molar-refractivity contribution < 1.29 is 5.11 Å². The Balaban J connectivity index is 2.64. The van der Waals surface area contributed by atoms with Gasteiger partial charge in [0.1, 0.15) is 11.6 Å². The molecule has 0 unspecified atom stereocenters. The molecule has 2 rings (SSSR count). The monoisotopic (exact) mass is 245 g/mol. The first-order valence-corrected chi connectivity index (χ1v) is 6.03. The number of phenols is 1. The third-order valence-corrected chi connectivity index (χ3v) is 3.28. The van der Waals surface area contributed by atoms with Crippen LogP contribution in [-0.4, -0.2) is 14.9 Å². The van der Waals surface area contributed by atoms with Crippen molar-refractivity contribution in [2.45, 2.75) is 26.7 Å². The van der Waals surface area contributed by atoms with Crippen LogP contribution in [0.5, 0.6) is 5.75 Å². The van der Waals surface area contributed by atoms with Crippen molar-refractivity contribution in [2.24, 2.45) is 7.05 Å². The molecule has 4 nitrogen and oxygen atoms in total. The molecule has 0 amide bonds. The third-order valence-electron chi connectivity index (χ3n) is 3.28. The van der Waals surface area contributed by atoms with Gasteiger partial charge < -0.3 is 10.8 Å². The van der Waals surface area contributed by atoms with Crippen LogP contribution in [0.1, 0.15) is 30.9 Å². The molecule has 0 saturated carbocycles. The normalized spacial score (nSPS) is 11.2. The highest BCUT2D eigenvalue weighted by molar-refractivity contribution is 5.79. The number of aryl methyl sites for hydroxylation is 2. The standard InChI is InChI=1S/C14H19N3O/c1-8(2)10-6-11(13(18)5-9(10)3)12-7-16-17(4)14(12)15/h5-8,18H,15H2,1-4H3. The zero-order valence-electron chi connectivity index (χ0n) is 11.2. The van der Waals surface area contributed by atoms with Gasteiger partial charge in [0.15, 0.2) is 0 Å². The molecule has 4 heteroatoms. The molecule has 0 atom stereocenters. The van der Waals surface area contributed by atoms with Crippen LogP contribution in [0.15, 0.2) is 18.3 Å². The summed E-state index contributed by atoms with van der Waals surface area (Å²) >= 11 is 0. The van der Waals surface area contributed by atoms with E-state index < -0.39 is 0 Å². The minimum absolute atomic E-state index is 0.247. The van der Waals surface area contributed by atoms with E-state index in [1.807, 2.05) is 13.0 Å². The molecule has 0 spiro atoms. The second-order valence-corrected chi connectivity index (χ2v) is 4.95. The second kappa shape index (κ2) is 4.37. The Labute approximate surface area is 107 Å². The lowest BCUT2D eigenvalue weighted by Gasteiger charge is -2.13. The number of anilines is 1. The summed E-state index contributed by atoms with van der Waals surface area (Å²) in [5.41, 5.74) is 9.78. The van der Waals surface area contributed by atoms with Crippen LogP contribution < -0.4 is 5.73 Å². The molecule has 0 aliphatic carbocycles. The smallest absolute Gasteiger partial charge is 0.129 e. The minimum atomic E-state index is 0.247. The summed E-state index contributed by atoms with van der Waals surface area (Å²) in [6, 6.07) is 3.79. The van der Waals surface area contributed by atoms with E-state index in [1.54, 1.807) is 24.0 Å². The molecule has 0 saturated heterocycles. The molecule has 1 heterocycles. The van der Waals surface area contributed by atoms with Crippen LogP contribution in [0.4, 0.5) is 5.82 Å². The van der Waals surface area contributed by atoms with Gasteiger partial charge in [0.25, 0.3) is 0 Å². The van der Waals surface area contributed by atoms with Gasteiger partial charge in [0.2, 0.25) is 0 Å². The molecule has 1 aromatic carbocycles. The molecule has 0 fully saturated rings. The van der Waals surface area contributed by atoms with Crippen molar-refractivity contribution in [3.63, 3.8) is 0 Å². The third kappa shape index (κ3) is 1.94. The molecule has 0 aliphatic heterocycles. The van der Waals surface area contributed by atoms with E-state index in [0.29, 0.717) is 11.7 Å². The molecule has 1 aromatic heterocycles. The second-order valence-electron chi connectivity index (χ2n) is 4.95. The summed E-state index contributed by atoms with van der Waals surface area (Å²) in [5, 5.41) is 14.2. The molecule has 0 aliphatic rings. The first-order chi connectivity index (χ1) is 8.41. The van der Waals surface area contributed by atoms with Crippen LogP contribution in [0.2, 0.25) is 0 Å². The van der Waals surface area contributed by atoms with Gasteiger partial charge in [-0.25, -0.2) is 0 Å². The summed E-state index contributed by atoms with van der Waals surface area (Å²) in [7, 11) is 1.79. The molecule has 0 radical (unpaired) electrons. The number of aromatic nitrogens is 2. The van der Waals surface area contributed by atoms with Crippen molar-refractivity contribution in [1.82, 2.24) is 9.78 Å². The van der Waals surface area contributed by atoms with Gasteiger partial charge in [-0.05, 0) is 36.1 Å². The summed E-state index contributed by atoms with van der Waals surface area (Å²) in [4.78, 5) is 0. The molecule has 96 valence electrons. The zero-order valence-corrected chi connectivity index (χ0v) is 11.2. The van der Waals surface area contributed by atoms with Gasteiger partial charge in [-0.2, -0.15) is 5.10 Å². The summed E-state index contributed by atoms with van der Waals surface area (Å²) in [6.45, 7) is 6.27. The Morgan fingerprint density at radius 2 is 1.94 bits per heavy atom. The lowest BCUT2D eigenvalue weighted by Crippen LogP contribution is -1.99. The minimum Gasteiger partial charge on any atom is -0.507 e. The van der Waals surface area contributed by atoms with Crippen LogP contribution in [0.25, 0.3) is 11.1 Å². The Morgan fingerprint density at radius 1 is 1.28 bits per heavy atom. The van der Waals surface area contributed by atoms with Crippen LogP contribution in [-0.2, 0) is 7.05 Å². The van der Waals surface area contributed by atoms with Gasteiger partial charge in [0, 0.05) is 18.2 Å². The van der Waals surface area contributed by atoms with E-state index in [1.165, 1.54) is 5.56 Å². The van der Waals surface area contributed by atoms with Crippen LogP contribution in [0, 0.1) is 6.92 Å². The van der Waals surface area contributed by atoms with Crippen molar-refractivity contribution in [1.29, 1.82) is 0 Å². The van der Waals surface area contributed by atoms with Gasteiger partial charge >= 0.3 is 0 Å². The van der Waals surface area contributed by atoms with E-state index in [0.717, 1.165) is 16.7 Å². The molecule has 18 heavy (non-hydrogen) atoms. The Hall–Kier alpha value is -1.97. The maximum atomic E-state index is 10.1. The number of benzene rings is 1. The maximum Gasteiger partial charge on any atom is 0.129 e. The van der Waals surface area contributed by atoms with E-state index in [2.05, 4.69) is 18.9 Å². The molecular weight excluding hydrogens is 226 g/mol. The fourth-order valence-electron chi connectivity index (χ4n) is 2.20. The van der Waals surface area contributed by atoms with Crippen molar-refractivity contribution in [3.05, 3.63) is 29.5 Å². The molecular formula is C14H19N3O. The summed E-state index contributed by atoms with van der Waals surface area (Å²) in [5.74, 6) is 1.21. The number of rotatable bonds is 2. The highest BCUT2D eigenvalue weighted by atomic mass is 16.3. The molecule has 0 bridgehead atoms. The van der Waals surface area contributed by atoms with E-state index >= 15 is 0 Å². The fourth-order valence-corrected chi connectivity index (χ4v) is 2.20. The van der Waals surface area contributed by atoms with Crippen molar-refractivity contribution in [3.8, 4) is 16.9 Å².